The zero-order valence-corrected chi connectivity index (χ0v) is 17.7. The van der Waals surface area contributed by atoms with Crippen LogP contribution in [0, 0.1) is 11.3 Å². The number of anilines is 1. The SMILES string of the molecule is N#Cc1ccccc1-c1nc(N)c2nc(Cn3cc4ccccc4n3)nn2c1-c1ccncn1. The lowest BCUT2D eigenvalue weighted by Gasteiger charge is -2.12. The van der Waals surface area contributed by atoms with Crippen molar-refractivity contribution in [2.45, 2.75) is 6.54 Å². The molecule has 6 rings (SSSR count). The molecule has 4 aromatic heterocycles. The molecule has 162 valence electrons. The molecular formula is C24H16N10. The van der Waals surface area contributed by atoms with Crippen molar-refractivity contribution in [3.63, 3.8) is 0 Å². The van der Waals surface area contributed by atoms with Gasteiger partial charge in [-0.1, -0.05) is 36.4 Å². The van der Waals surface area contributed by atoms with Gasteiger partial charge in [0.25, 0.3) is 0 Å². The maximum absolute atomic E-state index is 9.67. The van der Waals surface area contributed by atoms with Crippen molar-refractivity contribution in [3.05, 3.63) is 84.7 Å². The zero-order chi connectivity index (χ0) is 23.1. The summed E-state index contributed by atoms with van der Waals surface area (Å²) in [7, 11) is 0. The Morgan fingerprint density at radius 3 is 2.65 bits per heavy atom. The number of nitriles is 1. The molecule has 10 heteroatoms. The van der Waals surface area contributed by atoms with E-state index in [0.717, 1.165) is 10.9 Å². The molecule has 6 aromatic rings. The number of hydrogen-bond acceptors (Lipinski definition) is 8. The van der Waals surface area contributed by atoms with E-state index in [1.807, 2.05) is 42.6 Å². The lowest BCUT2D eigenvalue weighted by molar-refractivity contribution is 0.661. The molecule has 0 saturated heterocycles. The van der Waals surface area contributed by atoms with Crippen LogP contribution in [0.4, 0.5) is 5.82 Å². The predicted molar refractivity (Wildman–Crippen MR) is 125 cm³/mol. The second-order valence-corrected chi connectivity index (χ2v) is 7.60. The molecule has 0 aliphatic rings. The lowest BCUT2D eigenvalue weighted by Crippen LogP contribution is -2.07. The van der Waals surface area contributed by atoms with Crippen molar-refractivity contribution < 1.29 is 0 Å². The normalized spacial score (nSPS) is 11.1. The van der Waals surface area contributed by atoms with Crippen LogP contribution in [-0.2, 0) is 6.54 Å². The summed E-state index contributed by atoms with van der Waals surface area (Å²) in [5.74, 6) is 0.715. The van der Waals surface area contributed by atoms with E-state index in [4.69, 9.17) is 10.8 Å². The highest BCUT2D eigenvalue weighted by Gasteiger charge is 2.22. The van der Waals surface area contributed by atoms with Crippen molar-refractivity contribution in [1.82, 2.24) is 39.3 Å². The van der Waals surface area contributed by atoms with Gasteiger partial charge in [0.1, 0.15) is 24.3 Å². The summed E-state index contributed by atoms with van der Waals surface area (Å²) in [5.41, 5.74) is 10.4. The molecular weight excluding hydrogens is 428 g/mol. The number of rotatable bonds is 4. The van der Waals surface area contributed by atoms with Crippen LogP contribution in [0.25, 0.3) is 39.2 Å². The topological polar surface area (TPSA) is 136 Å². The van der Waals surface area contributed by atoms with Crippen molar-refractivity contribution in [2.24, 2.45) is 0 Å². The van der Waals surface area contributed by atoms with E-state index < -0.39 is 0 Å². The first kappa shape index (κ1) is 19.5. The van der Waals surface area contributed by atoms with E-state index in [1.54, 1.807) is 33.6 Å². The van der Waals surface area contributed by atoms with Crippen LogP contribution < -0.4 is 5.73 Å². The molecule has 0 bridgehead atoms. The molecule has 0 aliphatic heterocycles. The van der Waals surface area contributed by atoms with Gasteiger partial charge < -0.3 is 5.73 Å². The molecule has 0 radical (unpaired) electrons. The first-order chi connectivity index (χ1) is 16.7. The van der Waals surface area contributed by atoms with Gasteiger partial charge in [0, 0.05) is 23.3 Å². The molecule has 2 aromatic carbocycles. The van der Waals surface area contributed by atoms with Crippen LogP contribution in [0.2, 0.25) is 0 Å². The fourth-order valence-electron chi connectivity index (χ4n) is 3.94. The van der Waals surface area contributed by atoms with Crippen molar-refractivity contribution in [2.75, 3.05) is 5.73 Å². The van der Waals surface area contributed by atoms with Crippen LogP contribution in [0.1, 0.15) is 11.4 Å². The maximum atomic E-state index is 9.67. The Kier molecular flexibility index (Phi) is 4.45. The number of aromatic nitrogens is 8. The highest BCUT2D eigenvalue weighted by Crippen LogP contribution is 2.33. The van der Waals surface area contributed by atoms with Crippen molar-refractivity contribution in [3.8, 4) is 28.7 Å². The average molecular weight is 444 g/mol. The third-order valence-electron chi connectivity index (χ3n) is 5.44. The van der Waals surface area contributed by atoms with E-state index in [-0.39, 0.29) is 5.82 Å². The first-order valence-corrected chi connectivity index (χ1v) is 10.4. The number of nitrogens with two attached hydrogens (primary N) is 1. The smallest absolute Gasteiger partial charge is 0.199 e. The Labute approximate surface area is 193 Å². The Bertz CT molecular complexity index is 1680. The van der Waals surface area contributed by atoms with Gasteiger partial charge in [-0.2, -0.15) is 10.4 Å². The summed E-state index contributed by atoms with van der Waals surface area (Å²) in [5, 5.41) is 20.0. The van der Waals surface area contributed by atoms with Gasteiger partial charge in [-0.3, -0.25) is 4.68 Å². The van der Waals surface area contributed by atoms with Gasteiger partial charge in [-0.15, -0.1) is 5.10 Å². The Morgan fingerprint density at radius 2 is 1.82 bits per heavy atom. The van der Waals surface area contributed by atoms with E-state index in [9.17, 15) is 5.26 Å². The second-order valence-electron chi connectivity index (χ2n) is 7.60. The fraction of sp³-hybridized carbons (Fsp3) is 0.0417. The van der Waals surface area contributed by atoms with Crippen LogP contribution >= 0.6 is 0 Å². The molecule has 0 aliphatic carbocycles. The van der Waals surface area contributed by atoms with Crippen LogP contribution in [0.3, 0.4) is 0 Å². The third-order valence-corrected chi connectivity index (χ3v) is 5.44. The molecule has 4 heterocycles. The molecule has 10 nitrogen and oxygen atoms in total. The number of nitrogens with zero attached hydrogens (tertiary/aromatic N) is 9. The van der Waals surface area contributed by atoms with E-state index in [1.165, 1.54) is 6.33 Å². The number of nitrogen functional groups attached to an aromatic ring is 1. The second kappa shape index (κ2) is 7.75. The number of hydrogen-bond donors (Lipinski definition) is 1. The summed E-state index contributed by atoms with van der Waals surface area (Å²) in [6.07, 6.45) is 5.03. The first-order valence-electron chi connectivity index (χ1n) is 10.4. The predicted octanol–water partition coefficient (Wildman–Crippen LogP) is 3.10. The standard InChI is InChI=1S/C24H16N10/c25-11-15-5-1-3-7-17(15)21-22(19-9-10-27-14-28-19)34-24(23(26)30-21)29-20(32-34)13-33-12-16-6-2-4-8-18(16)31-33/h1-10,12,14H,13H2,(H2,26,30). The molecule has 34 heavy (non-hydrogen) atoms. The van der Waals surface area contributed by atoms with Gasteiger partial charge in [0.05, 0.1) is 22.8 Å². The summed E-state index contributed by atoms with van der Waals surface area (Å²) in [4.78, 5) is 17.7. The average Bonchev–Trinajstić information content (AvgIpc) is 3.48. The monoisotopic (exact) mass is 444 g/mol. The summed E-state index contributed by atoms with van der Waals surface area (Å²) in [6, 6.07) is 19.1. The largest absolute Gasteiger partial charge is 0.381 e. The molecule has 0 fully saturated rings. The minimum absolute atomic E-state index is 0.199. The molecule has 2 N–H and O–H groups in total. The van der Waals surface area contributed by atoms with Gasteiger partial charge in [-0.25, -0.2) is 24.5 Å². The summed E-state index contributed by atoms with van der Waals surface area (Å²) >= 11 is 0. The molecule has 0 spiro atoms. The zero-order valence-electron chi connectivity index (χ0n) is 17.7. The van der Waals surface area contributed by atoms with Gasteiger partial charge in [0.2, 0.25) is 0 Å². The summed E-state index contributed by atoms with van der Waals surface area (Å²) in [6.45, 7) is 0.350. The van der Waals surface area contributed by atoms with E-state index >= 15 is 0 Å². The van der Waals surface area contributed by atoms with E-state index in [2.05, 4.69) is 31.1 Å². The number of benzene rings is 2. The van der Waals surface area contributed by atoms with Gasteiger partial charge >= 0.3 is 0 Å². The molecule has 0 atom stereocenters. The quantitative estimate of drug-likeness (QED) is 0.438. The fourth-order valence-corrected chi connectivity index (χ4v) is 3.94. The molecule has 0 amide bonds. The minimum Gasteiger partial charge on any atom is -0.381 e. The molecule has 0 saturated carbocycles. The lowest BCUT2D eigenvalue weighted by atomic mass is 10.0. The highest BCUT2D eigenvalue weighted by atomic mass is 15.4. The Morgan fingerprint density at radius 1 is 0.971 bits per heavy atom. The van der Waals surface area contributed by atoms with Gasteiger partial charge in [0.15, 0.2) is 17.3 Å². The van der Waals surface area contributed by atoms with Crippen molar-refractivity contribution >= 4 is 22.4 Å². The number of fused-ring (bicyclic) bond motifs is 2. The van der Waals surface area contributed by atoms with Crippen LogP contribution in [-0.4, -0.2) is 39.3 Å². The molecule has 0 unspecified atom stereocenters. The minimum atomic E-state index is 0.199. The maximum Gasteiger partial charge on any atom is 0.199 e. The Balaban J connectivity index is 1.57. The van der Waals surface area contributed by atoms with Gasteiger partial charge in [-0.05, 0) is 18.2 Å². The third kappa shape index (κ3) is 3.20. The summed E-state index contributed by atoms with van der Waals surface area (Å²) < 4.78 is 3.42. The van der Waals surface area contributed by atoms with Crippen molar-refractivity contribution in [1.29, 1.82) is 5.26 Å². The van der Waals surface area contributed by atoms with E-state index in [0.29, 0.717) is 46.2 Å². The van der Waals surface area contributed by atoms with Crippen LogP contribution in [0.15, 0.2) is 73.3 Å². The Hall–Kier alpha value is -5.17. The highest BCUT2D eigenvalue weighted by molar-refractivity contribution is 5.83. The van der Waals surface area contributed by atoms with Crippen LogP contribution in [0.5, 0.6) is 0 Å².